The number of fused-ring (bicyclic) bond motifs is 1. The van der Waals surface area contributed by atoms with Crippen LogP contribution in [0.1, 0.15) is 39.9 Å². The summed E-state index contributed by atoms with van der Waals surface area (Å²) in [7, 11) is 3.87. The molecule has 3 aromatic carbocycles. The highest BCUT2D eigenvalue weighted by atomic mass is 16.5. The lowest BCUT2D eigenvalue weighted by atomic mass is 9.90. The molecule has 2 N–H and O–H groups in total. The number of carbonyl (C=O) groups excluding carboxylic acids is 2. The summed E-state index contributed by atoms with van der Waals surface area (Å²) < 4.78 is 5.08. The minimum Gasteiger partial charge on any atom is -0.508 e. The minimum absolute atomic E-state index is 0.151. The van der Waals surface area contributed by atoms with Crippen molar-refractivity contribution in [2.24, 2.45) is 4.99 Å². The van der Waals surface area contributed by atoms with E-state index in [1.807, 2.05) is 61.5 Å². The van der Waals surface area contributed by atoms with Gasteiger partial charge in [-0.2, -0.15) is 0 Å². The minimum atomic E-state index is -0.669. The molecule has 34 heavy (non-hydrogen) atoms. The van der Waals surface area contributed by atoms with Crippen LogP contribution in [0.4, 0.5) is 11.4 Å². The van der Waals surface area contributed by atoms with Crippen molar-refractivity contribution in [2.75, 3.05) is 26.0 Å². The third-order valence-corrected chi connectivity index (χ3v) is 5.54. The number of aromatic hydroxyl groups is 1. The first-order valence-electron chi connectivity index (χ1n) is 11.1. The highest BCUT2D eigenvalue weighted by Gasteiger charge is 2.36. The van der Waals surface area contributed by atoms with E-state index in [9.17, 15) is 14.7 Å². The molecule has 1 atom stereocenters. The average Bonchev–Trinajstić information content (AvgIpc) is 3.14. The molecule has 0 aromatic heterocycles. The fraction of sp³-hybridized carbons (Fsp3) is 0.222. The van der Waals surface area contributed by atoms with Crippen LogP contribution in [0.2, 0.25) is 0 Å². The third kappa shape index (κ3) is 4.84. The molecule has 0 fully saturated rings. The van der Waals surface area contributed by atoms with Crippen molar-refractivity contribution in [3.63, 3.8) is 0 Å². The van der Waals surface area contributed by atoms with Gasteiger partial charge in [-0.15, -0.1) is 0 Å². The molecule has 1 unspecified atom stereocenters. The Morgan fingerprint density at radius 1 is 1.06 bits per heavy atom. The maximum absolute atomic E-state index is 13.1. The van der Waals surface area contributed by atoms with Crippen molar-refractivity contribution in [1.82, 2.24) is 4.90 Å². The van der Waals surface area contributed by atoms with Crippen molar-refractivity contribution >= 4 is 29.0 Å². The van der Waals surface area contributed by atoms with Gasteiger partial charge in [0.1, 0.15) is 11.7 Å². The highest BCUT2D eigenvalue weighted by molar-refractivity contribution is 6.24. The Morgan fingerprint density at radius 2 is 1.82 bits per heavy atom. The Kier molecular flexibility index (Phi) is 6.75. The zero-order chi connectivity index (χ0) is 24.2. The number of phenolic OH excluding ortho intramolecular Hbond substituents is 1. The van der Waals surface area contributed by atoms with Gasteiger partial charge >= 0.3 is 5.97 Å². The summed E-state index contributed by atoms with van der Waals surface area (Å²) in [6, 6.07) is 19.8. The van der Waals surface area contributed by atoms with Crippen LogP contribution in [0, 0.1) is 0 Å². The lowest BCUT2D eigenvalue weighted by Gasteiger charge is -2.15. The number of hydrogen-bond donors (Lipinski definition) is 2. The number of carbonyl (C=O) groups is 2. The van der Waals surface area contributed by atoms with E-state index in [4.69, 9.17) is 9.73 Å². The molecule has 174 valence electrons. The van der Waals surface area contributed by atoms with E-state index in [2.05, 4.69) is 5.32 Å². The summed E-state index contributed by atoms with van der Waals surface area (Å²) in [4.78, 5) is 32.1. The Balaban J connectivity index is 1.77. The molecule has 0 aliphatic carbocycles. The second-order valence-electron chi connectivity index (χ2n) is 8.36. The smallest absolute Gasteiger partial charge is 0.338 e. The average molecular weight is 458 g/mol. The van der Waals surface area contributed by atoms with E-state index in [0.717, 1.165) is 16.7 Å². The number of rotatable bonds is 7. The maximum atomic E-state index is 13.1. The van der Waals surface area contributed by atoms with Gasteiger partial charge in [0.15, 0.2) is 0 Å². The van der Waals surface area contributed by atoms with E-state index < -0.39 is 11.9 Å². The van der Waals surface area contributed by atoms with Gasteiger partial charge in [0.25, 0.3) is 0 Å². The maximum Gasteiger partial charge on any atom is 0.338 e. The molecule has 0 saturated heterocycles. The second-order valence-corrected chi connectivity index (χ2v) is 8.36. The molecular formula is C27H27N3O4. The highest BCUT2D eigenvalue weighted by Crippen LogP contribution is 2.37. The Bertz CT molecular complexity index is 1250. The van der Waals surface area contributed by atoms with E-state index in [1.165, 1.54) is 0 Å². The number of phenols is 1. The van der Waals surface area contributed by atoms with Gasteiger partial charge < -0.3 is 20.1 Å². The van der Waals surface area contributed by atoms with Gasteiger partial charge in [-0.05, 0) is 50.3 Å². The Morgan fingerprint density at radius 3 is 2.50 bits per heavy atom. The summed E-state index contributed by atoms with van der Waals surface area (Å²) in [5.41, 5.74) is 4.36. The van der Waals surface area contributed by atoms with Crippen LogP contribution < -0.4 is 5.32 Å². The molecule has 1 aliphatic heterocycles. The zero-order valence-corrected chi connectivity index (χ0v) is 19.4. The van der Waals surface area contributed by atoms with Gasteiger partial charge in [0.05, 0.1) is 23.6 Å². The SMILES string of the molecule is CCOC(=O)c1ccc2c(c1)NC(=O)C2C(=Nc1ccc(CN(C)C)c(O)c1)c1ccccc1. The van der Waals surface area contributed by atoms with Crippen LogP contribution in [-0.2, 0) is 16.1 Å². The number of hydrogen-bond acceptors (Lipinski definition) is 6. The third-order valence-electron chi connectivity index (χ3n) is 5.54. The Hall–Kier alpha value is -3.97. The molecule has 0 radical (unpaired) electrons. The van der Waals surface area contributed by atoms with Gasteiger partial charge in [-0.1, -0.05) is 42.5 Å². The van der Waals surface area contributed by atoms with Crippen molar-refractivity contribution in [3.8, 4) is 5.75 Å². The van der Waals surface area contributed by atoms with Gasteiger partial charge in [0, 0.05) is 23.9 Å². The van der Waals surface area contributed by atoms with Crippen molar-refractivity contribution in [2.45, 2.75) is 19.4 Å². The molecule has 3 aromatic rings. The predicted molar refractivity (Wildman–Crippen MR) is 132 cm³/mol. The van der Waals surface area contributed by atoms with E-state index in [1.54, 1.807) is 31.2 Å². The number of amides is 1. The van der Waals surface area contributed by atoms with E-state index in [0.29, 0.717) is 29.2 Å². The van der Waals surface area contributed by atoms with E-state index >= 15 is 0 Å². The van der Waals surface area contributed by atoms with Gasteiger partial charge in [-0.3, -0.25) is 9.79 Å². The number of nitrogens with one attached hydrogen (secondary N) is 1. The standard InChI is InChI=1S/C27H27N3O4/c1-4-34-27(33)18-11-13-21-22(14-18)29-26(32)24(21)25(17-8-6-5-7-9-17)28-20-12-10-19(16-30(2)3)23(31)15-20/h5-15,24,31H,4,16H2,1-3H3,(H,29,32). The van der Waals surface area contributed by atoms with Gasteiger partial charge in [0.2, 0.25) is 5.91 Å². The first-order valence-corrected chi connectivity index (χ1v) is 11.1. The molecule has 1 heterocycles. The Labute approximate surface area is 198 Å². The fourth-order valence-electron chi connectivity index (χ4n) is 4.02. The summed E-state index contributed by atoms with van der Waals surface area (Å²) >= 11 is 0. The van der Waals surface area contributed by atoms with Gasteiger partial charge in [-0.25, -0.2) is 4.79 Å². The molecule has 1 amide bonds. The second kappa shape index (κ2) is 9.89. The molecule has 7 nitrogen and oxygen atoms in total. The zero-order valence-electron chi connectivity index (χ0n) is 19.4. The fourth-order valence-corrected chi connectivity index (χ4v) is 4.02. The van der Waals surface area contributed by atoms with Crippen LogP contribution in [0.25, 0.3) is 0 Å². The molecule has 7 heteroatoms. The predicted octanol–water partition coefficient (Wildman–Crippen LogP) is 4.49. The number of benzene rings is 3. The van der Waals surface area contributed by atoms with Crippen LogP contribution in [0.5, 0.6) is 5.75 Å². The van der Waals surface area contributed by atoms with Crippen LogP contribution >= 0.6 is 0 Å². The molecule has 4 rings (SSSR count). The largest absolute Gasteiger partial charge is 0.508 e. The van der Waals surface area contributed by atoms with Crippen LogP contribution in [0.15, 0.2) is 71.7 Å². The topological polar surface area (TPSA) is 91.2 Å². The molecule has 0 saturated carbocycles. The van der Waals surface area contributed by atoms with E-state index in [-0.39, 0.29) is 18.3 Å². The molecule has 1 aliphatic rings. The molecular weight excluding hydrogens is 430 g/mol. The lowest BCUT2D eigenvalue weighted by Crippen LogP contribution is -2.21. The summed E-state index contributed by atoms with van der Waals surface area (Å²) in [6.07, 6.45) is 0. The molecule has 0 bridgehead atoms. The van der Waals surface area contributed by atoms with Crippen molar-refractivity contribution in [1.29, 1.82) is 0 Å². The first-order chi connectivity index (χ1) is 16.4. The van der Waals surface area contributed by atoms with Crippen LogP contribution in [-0.4, -0.2) is 48.3 Å². The number of ether oxygens (including phenoxy) is 1. The molecule has 0 spiro atoms. The number of anilines is 1. The van der Waals surface area contributed by atoms with Crippen molar-refractivity contribution in [3.05, 3.63) is 89.0 Å². The number of nitrogens with zero attached hydrogens (tertiary/aromatic N) is 2. The quantitative estimate of drug-likeness (QED) is 0.403. The lowest BCUT2D eigenvalue weighted by molar-refractivity contribution is -0.115. The first kappa shape index (κ1) is 23.2. The normalized spacial score (nSPS) is 15.2. The summed E-state index contributed by atoms with van der Waals surface area (Å²) in [5.74, 6) is -1.18. The van der Waals surface area contributed by atoms with Crippen molar-refractivity contribution < 1.29 is 19.4 Å². The number of esters is 1. The number of aliphatic imine (C=N–C) groups is 1. The van der Waals surface area contributed by atoms with Crippen LogP contribution in [0.3, 0.4) is 0 Å². The monoisotopic (exact) mass is 457 g/mol. The summed E-state index contributed by atoms with van der Waals surface area (Å²) in [6.45, 7) is 2.62. The summed E-state index contributed by atoms with van der Waals surface area (Å²) in [5, 5.41) is 13.4.